The van der Waals surface area contributed by atoms with Gasteiger partial charge in [-0.25, -0.2) is 0 Å². The predicted molar refractivity (Wildman–Crippen MR) is 213 cm³/mol. The number of hydrogen-bond donors (Lipinski definition) is 0. The Morgan fingerprint density at radius 1 is 0.111 bits per heavy atom. The molecule has 0 spiro atoms. The Hall–Kier alpha value is 0. The molecule has 17 aliphatic carbocycles. The second-order valence-electron chi connectivity index (χ2n) is 26.6. The van der Waals surface area contributed by atoms with Crippen LogP contribution in [0.25, 0.3) is 0 Å². The zero-order valence-corrected chi connectivity index (χ0v) is 34.0. The van der Waals surface area contributed by atoms with Crippen molar-refractivity contribution in [2.45, 2.75) is 141 Å². The van der Waals surface area contributed by atoms with E-state index < -0.39 is 0 Å². The summed E-state index contributed by atoms with van der Waals surface area (Å²) in [5, 5.41) is 0. The molecule has 17 aliphatic rings. The highest BCUT2D eigenvalue weighted by Gasteiger charge is 2.82. The van der Waals surface area contributed by atoms with E-state index in [-0.39, 0.29) is 0 Å². The van der Waals surface area contributed by atoms with Gasteiger partial charge in [0.1, 0.15) is 0 Å². The van der Waals surface area contributed by atoms with Crippen LogP contribution in [0, 0.1) is 189 Å². The van der Waals surface area contributed by atoms with Gasteiger partial charge in [-0.05, 0) is 292 Å². The van der Waals surface area contributed by atoms with Crippen molar-refractivity contribution in [3.8, 4) is 0 Å². The summed E-state index contributed by atoms with van der Waals surface area (Å²) in [5.74, 6) is 38.6. The smallest absolute Gasteiger partial charge is 0.0312 e. The van der Waals surface area contributed by atoms with Crippen LogP contribution in [-0.4, -0.2) is 0 Å². The van der Waals surface area contributed by atoms with Crippen molar-refractivity contribution in [2.75, 3.05) is 0 Å². The Bertz CT molecular complexity index is 1510. The van der Waals surface area contributed by atoms with Gasteiger partial charge in [-0.2, -0.15) is 0 Å². The van der Waals surface area contributed by atoms with Gasteiger partial charge in [0, 0.05) is 0 Å². The van der Waals surface area contributed by atoms with E-state index in [2.05, 4.69) is 0 Å². The molecular formula is C54H76. The third-order valence-corrected chi connectivity index (χ3v) is 27.6. The first kappa shape index (κ1) is 31.0. The normalized spacial score (nSPS) is 73.8. The lowest BCUT2D eigenvalue weighted by atomic mass is 9.20. The van der Waals surface area contributed by atoms with E-state index >= 15 is 0 Å². The molecule has 0 heterocycles. The van der Waals surface area contributed by atoms with Crippen LogP contribution in [-0.2, 0) is 0 Å². The summed E-state index contributed by atoms with van der Waals surface area (Å²) in [4.78, 5) is 0. The van der Waals surface area contributed by atoms with Crippen molar-refractivity contribution in [2.24, 2.45) is 189 Å². The monoisotopic (exact) mass is 725 g/mol. The first-order chi connectivity index (χ1) is 26.9. The SMILES string of the molecule is C1CCC2C(C1)C1CCC3C4CCCC5C6CCCC7C8CCC9C%10CCCCC%10C%10CCC%11C%12CCC2C2C1C3C1C(C54)C(C67)C3C8C9C%10C%11C3C1C%122. The lowest BCUT2D eigenvalue weighted by molar-refractivity contribution is -0.378. The molecule has 0 amide bonds. The summed E-state index contributed by atoms with van der Waals surface area (Å²) in [7, 11) is 0. The average molecular weight is 725 g/mol. The highest BCUT2D eigenvalue weighted by molar-refractivity contribution is 5.29. The molecule has 0 aromatic heterocycles. The maximum absolute atomic E-state index is 1.74. The van der Waals surface area contributed by atoms with Gasteiger partial charge in [-0.1, -0.05) is 38.5 Å². The minimum atomic E-state index is 1.17. The number of fused-ring (bicyclic) bond motifs is 10. The van der Waals surface area contributed by atoms with Crippen molar-refractivity contribution in [3.05, 3.63) is 0 Å². The maximum Gasteiger partial charge on any atom is -0.0312 e. The molecule has 0 aromatic carbocycles. The Labute approximate surface area is 329 Å². The quantitative estimate of drug-likeness (QED) is 0.233. The zero-order chi connectivity index (χ0) is 34.0. The van der Waals surface area contributed by atoms with E-state index in [4.69, 9.17) is 0 Å². The van der Waals surface area contributed by atoms with E-state index in [0.717, 1.165) is 0 Å². The topological polar surface area (TPSA) is 0 Å². The Kier molecular flexibility index (Phi) is 5.90. The molecule has 0 aliphatic heterocycles. The molecular weight excluding hydrogens is 649 g/mol. The van der Waals surface area contributed by atoms with E-state index in [0.29, 0.717) is 0 Å². The average Bonchev–Trinajstić information content (AvgIpc) is 3.24. The van der Waals surface area contributed by atoms with E-state index in [1.165, 1.54) is 189 Å². The van der Waals surface area contributed by atoms with Crippen molar-refractivity contribution >= 4 is 0 Å². The summed E-state index contributed by atoms with van der Waals surface area (Å²) in [5.41, 5.74) is 0. The van der Waals surface area contributed by atoms with Crippen LogP contribution in [0.5, 0.6) is 0 Å². The fourth-order valence-corrected chi connectivity index (χ4v) is 28.5. The Morgan fingerprint density at radius 3 is 0.537 bits per heavy atom. The molecule has 32 atom stereocenters. The molecule has 0 nitrogen and oxygen atoms in total. The van der Waals surface area contributed by atoms with Gasteiger partial charge in [0.2, 0.25) is 0 Å². The summed E-state index contributed by atoms with van der Waals surface area (Å²) < 4.78 is 0. The fraction of sp³-hybridized carbons (Fsp3) is 1.00. The van der Waals surface area contributed by atoms with Crippen molar-refractivity contribution in [3.63, 3.8) is 0 Å². The lowest BCUT2D eigenvalue weighted by Crippen LogP contribution is -2.81. The summed E-state index contributed by atoms with van der Waals surface area (Å²) in [6.45, 7) is 0. The molecule has 17 fully saturated rings. The van der Waals surface area contributed by atoms with Gasteiger partial charge in [0.15, 0.2) is 0 Å². The molecule has 0 bridgehead atoms. The molecule has 54 heavy (non-hydrogen) atoms. The number of hydrogen-bond acceptors (Lipinski definition) is 0. The van der Waals surface area contributed by atoms with E-state index in [1.807, 2.05) is 0 Å². The Balaban J connectivity index is 0.934. The minimum Gasteiger partial charge on any atom is -0.0530 e. The van der Waals surface area contributed by atoms with Crippen LogP contribution in [0.15, 0.2) is 0 Å². The van der Waals surface area contributed by atoms with Crippen LogP contribution < -0.4 is 0 Å². The van der Waals surface area contributed by atoms with E-state index in [9.17, 15) is 0 Å². The lowest BCUT2D eigenvalue weighted by Gasteiger charge is -2.85. The van der Waals surface area contributed by atoms with Gasteiger partial charge < -0.3 is 0 Å². The summed E-state index contributed by atoms with van der Waals surface area (Å²) >= 11 is 0. The number of rotatable bonds is 0. The van der Waals surface area contributed by atoms with Gasteiger partial charge in [-0.15, -0.1) is 0 Å². The maximum atomic E-state index is 1.74. The van der Waals surface area contributed by atoms with Crippen molar-refractivity contribution in [1.82, 2.24) is 0 Å². The fourth-order valence-electron chi connectivity index (χ4n) is 28.5. The molecule has 0 aromatic rings. The molecule has 17 saturated carbocycles. The van der Waals surface area contributed by atoms with Crippen LogP contribution in [0.1, 0.15) is 141 Å². The van der Waals surface area contributed by atoms with Gasteiger partial charge in [-0.3, -0.25) is 0 Å². The van der Waals surface area contributed by atoms with Crippen molar-refractivity contribution in [1.29, 1.82) is 0 Å². The van der Waals surface area contributed by atoms with Gasteiger partial charge >= 0.3 is 0 Å². The van der Waals surface area contributed by atoms with Gasteiger partial charge in [0.05, 0.1) is 0 Å². The zero-order valence-electron chi connectivity index (χ0n) is 34.0. The molecule has 0 radical (unpaired) electrons. The predicted octanol–water partition coefficient (Wildman–Crippen LogP) is 12.5. The minimum absolute atomic E-state index is 1.17. The standard InChI is InChI=1S/C54H76/c1-3-9-25-23(7-1)31-15-19-35-29-13-5-11-27-28-12-6-14-30-36-20-16-32-24-8-2-4-10-26(24)34-18-22-38-37-21-17-33(25)43-41(31)45(35)51-49(39(27)29)50(40(28)30)52-46(36)42(32)44(34)48(38)54(52)53(51)47(37)43/h23-54H,1-22H2. The van der Waals surface area contributed by atoms with Crippen LogP contribution in [0.3, 0.4) is 0 Å². The van der Waals surface area contributed by atoms with E-state index in [1.54, 1.807) is 141 Å². The largest absolute Gasteiger partial charge is 0.0530 e. The third-order valence-electron chi connectivity index (χ3n) is 27.6. The molecule has 0 N–H and O–H groups in total. The van der Waals surface area contributed by atoms with Crippen LogP contribution >= 0.6 is 0 Å². The molecule has 292 valence electrons. The van der Waals surface area contributed by atoms with Crippen molar-refractivity contribution < 1.29 is 0 Å². The van der Waals surface area contributed by atoms with Crippen LogP contribution in [0.4, 0.5) is 0 Å². The summed E-state index contributed by atoms with van der Waals surface area (Å²) in [6.07, 6.45) is 37.1. The third kappa shape index (κ3) is 3.19. The molecule has 0 heteroatoms. The second kappa shape index (κ2) is 10.3. The summed E-state index contributed by atoms with van der Waals surface area (Å²) in [6, 6.07) is 0. The second-order valence-corrected chi connectivity index (χ2v) is 26.6. The highest BCUT2D eigenvalue weighted by Crippen LogP contribution is 2.87. The molecule has 0 saturated heterocycles. The first-order valence-electron chi connectivity index (χ1n) is 26.9. The molecule has 32 unspecified atom stereocenters. The Morgan fingerprint density at radius 2 is 0.278 bits per heavy atom. The first-order valence-corrected chi connectivity index (χ1v) is 26.9. The highest BCUT2D eigenvalue weighted by atomic mass is 14.9. The molecule has 17 rings (SSSR count). The van der Waals surface area contributed by atoms with Gasteiger partial charge in [0.25, 0.3) is 0 Å². The van der Waals surface area contributed by atoms with Crippen LogP contribution in [0.2, 0.25) is 0 Å².